The van der Waals surface area contributed by atoms with Gasteiger partial charge in [0.05, 0.1) is 55.7 Å². The van der Waals surface area contributed by atoms with Crippen molar-refractivity contribution in [2.75, 3.05) is 49.8 Å². The number of ketones is 1. The summed E-state index contributed by atoms with van der Waals surface area (Å²) in [7, 11) is 10.7. The Morgan fingerprint density at radius 3 is 1.90 bits per heavy atom. The number of hydrogen-bond donors (Lipinski definition) is 1. The van der Waals surface area contributed by atoms with Crippen molar-refractivity contribution >= 4 is 5.78 Å². The quantitative estimate of drug-likeness (QED) is 0.253. The number of aliphatic hydroxyl groups is 1. The van der Waals surface area contributed by atoms with Crippen LogP contribution in [0.2, 0.25) is 0 Å². The van der Waals surface area contributed by atoms with Gasteiger partial charge in [-0.2, -0.15) is 0 Å². The van der Waals surface area contributed by atoms with Crippen molar-refractivity contribution < 1.29 is 57.3 Å². The van der Waals surface area contributed by atoms with Gasteiger partial charge >= 0.3 is 5.79 Å². The van der Waals surface area contributed by atoms with Crippen LogP contribution >= 0.6 is 0 Å². The van der Waals surface area contributed by atoms with Crippen molar-refractivity contribution in [2.45, 2.75) is 30.3 Å². The average molecular weight is 673 g/mol. The third kappa shape index (κ3) is 4.80. The fraction of sp³-hybridized carbons (Fsp3) is 0.324. The first-order valence-electron chi connectivity index (χ1n) is 15.4. The summed E-state index contributed by atoms with van der Waals surface area (Å²) in [4.78, 5) is 13.7. The van der Waals surface area contributed by atoms with E-state index in [0.717, 1.165) is 0 Å². The molecule has 4 aromatic carbocycles. The molecule has 1 N–H and O–H groups in total. The van der Waals surface area contributed by atoms with E-state index in [4.69, 9.17) is 47.4 Å². The summed E-state index contributed by atoms with van der Waals surface area (Å²) >= 11 is 0. The fourth-order valence-electron chi connectivity index (χ4n) is 7.00. The standard InChI is InChI=1S/C37H36O12/c1-40-20-14-28(46-7)31-29(15-20)48-37(19-9-11-24(42-3)27(13-19)45-6)36(39)33(31)32-30(49-37)17-25(43-4)21-16-22(38)34(47-35(21)32)18-8-10-23(41-2)26(12-18)44-5/h8-15,17,33-34,36,39H,16H2,1-7H3/t33-,34+,36-,37+/m1/s1. The van der Waals surface area contributed by atoms with Gasteiger partial charge in [0.2, 0.25) is 0 Å². The molecule has 0 radical (unpaired) electrons. The molecule has 49 heavy (non-hydrogen) atoms. The van der Waals surface area contributed by atoms with Gasteiger partial charge in [-0.15, -0.1) is 0 Å². The summed E-state index contributed by atoms with van der Waals surface area (Å²) in [5, 5.41) is 12.5. The second kappa shape index (κ2) is 12.2. The predicted octanol–water partition coefficient (Wildman–Crippen LogP) is 5.12. The Kier molecular flexibility index (Phi) is 7.98. The van der Waals surface area contributed by atoms with E-state index in [-0.39, 0.29) is 12.2 Å². The maximum atomic E-state index is 13.7. The van der Waals surface area contributed by atoms with E-state index in [1.54, 1.807) is 54.6 Å². The maximum Gasteiger partial charge on any atom is 0.305 e. The summed E-state index contributed by atoms with van der Waals surface area (Å²) in [5.41, 5.74) is 2.60. The van der Waals surface area contributed by atoms with Crippen molar-refractivity contribution in [3.8, 4) is 57.5 Å². The first kappa shape index (κ1) is 32.1. The van der Waals surface area contributed by atoms with Crippen LogP contribution in [-0.4, -0.2) is 66.8 Å². The zero-order valence-electron chi connectivity index (χ0n) is 28.1. The number of methoxy groups -OCH3 is 7. The molecule has 3 aliphatic heterocycles. The molecule has 3 heterocycles. The van der Waals surface area contributed by atoms with Gasteiger partial charge in [-0.05, 0) is 30.3 Å². The van der Waals surface area contributed by atoms with Gasteiger partial charge in [0, 0.05) is 52.4 Å². The van der Waals surface area contributed by atoms with Crippen molar-refractivity contribution in [1.82, 2.24) is 0 Å². The van der Waals surface area contributed by atoms with Crippen molar-refractivity contribution in [1.29, 1.82) is 0 Å². The minimum Gasteiger partial charge on any atom is -0.496 e. The molecule has 0 fully saturated rings. The van der Waals surface area contributed by atoms with Gasteiger partial charge in [-0.25, -0.2) is 0 Å². The van der Waals surface area contributed by atoms with Crippen LogP contribution < -0.4 is 47.4 Å². The molecule has 4 aromatic rings. The van der Waals surface area contributed by atoms with Crippen LogP contribution in [0.3, 0.4) is 0 Å². The number of fused-ring (bicyclic) bond motifs is 8. The summed E-state index contributed by atoms with van der Waals surface area (Å²) in [6.45, 7) is 0. The third-order valence-electron chi connectivity index (χ3n) is 9.32. The van der Waals surface area contributed by atoms with Gasteiger partial charge in [0.25, 0.3) is 0 Å². The second-order valence-electron chi connectivity index (χ2n) is 11.7. The van der Waals surface area contributed by atoms with Crippen LogP contribution in [0.4, 0.5) is 0 Å². The maximum absolute atomic E-state index is 13.7. The van der Waals surface area contributed by atoms with Crippen molar-refractivity contribution in [3.63, 3.8) is 0 Å². The van der Waals surface area contributed by atoms with E-state index in [1.807, 2.05) is 0 Å². The minimum atomic E-state index is -1.78. The average Bonchev–Trinajstić information content (AvgIpc) is 3.13. The van der Waals surface area contributed by atoms with E-state index >= 15 is 0 Å². The van der Waals surface area contributed by atoms with Crippen LogP contribution in [0.1, 0.15) is 39.8 Å². The van der Waals surface area contributed by atoms with Crippen LogP contribution in [0.5, 0.6) is 57.5 Å². The Hall–Kier alpha value is -5.49. The molecule has 0 saturated carbocycles. The van der Waals surface area contributed by atoms with Gasteiger partial charge in [0.15, 0.2) is 34.9 Å². The number of benzene rings is 4. The highest BCUT2D eigenvalue weighted by molar-refractivity contribution is 5.90. The summed E-state index contributed by atoms with van der Waals surface area (Å²) in [5.74, 6) is 1.36. The molecule has 0 unspecified atom stereocenters. The summed E-state index contributed by atoms with van der Waals surface area (Å²) < 4.78 is 59.4. The Balaban J connectivity index is 1.48. The number of hydrogen-bond acceptors (Lipinski definition) is 12. The molecule has 0 spiro atoms. The Morgan fingerprint density at radius 1 is 0.653 bits per heavy atom. The number of Topliss-reactive ketones (excluding diaryl/α,β-unsaturated/α-hetero) is 1. The Morgan fingerprint density at radius 2 is 1.27 bits per heavy atom. The van der Waals surface area contributed by atoms with Crippen LogP contribution in [0.15, 0.2) is 54.6 Å². The molecular formula is C37H36O12. The van der Waals surface area contributed by atoms with Crippen LogP contribution in [0.25, 0.3) is 0 Å². The first-order valence-corrected chi connectivity index (χ1v) is 15.4. The molecule has 4 atom stereocenters. The summed E-state index contributed by atoms with van der Waals surface area (Å²) in [6.07, 6.45) is -2.36. The van der Waals surface area contributed by atoms with Crippen LogP contribution in [-0.2, 0) is 17.0 Å². The SMILES string of the molecule is COc1cc(OC)c2c(c1)O[C@@]1(c3ccc(OC)c(OC)c3)Oc3cc(OC)c4c(c3[C@@H]2[C@H]1O)O[C@@H](c1ccc(OC)c(OC)c1)C(=O)C4. The van der Waals surface area contributed by atoms with E-state index in [1.165, 1.54) is 49.8 Å². The van der Waals surface area contributed by atoms with Gasteiger partial charge in [0.1, 0.15) is 40.6 Å². The van der Waals surface area contributed by atoms with E-state index < -0.39 is 23.9 Å². The molecule has 12 nitrogen and oxygen atoms in total. The van der Waals surface area contributed by atoms with E-state index in [0.29, 0.717) is 85.3 Å². The third-order valence-corrected chi connectivity index (χ3v) is 9.32. The molecular weight excluding hydrogens is 636 g/mol. The molecule has 0 aliphatic carbocycles. The molecule has 2 bridgehead atoms. The van der Waals surface area contributed by atoms with Gasteiger partial charge in [-0.3, -0.25) is 4.79 Å². The van der Waals surface area contributed by atoms with Crippen LogP contribution in [0, 0.1) is 0 Å². The smallest absolute Gasteiger partial charge is 0.305 e. The lowest BCUT2D eigenvalue weighted by Gasteiger charge is -2.50. The van der Waals surface area contributed by atoms with Crippen molar-refractivity contribution in [3.05, 3.63) is 82.4 Å². The number of carbonyl (C=O) groups excluding carboxylic acids is 1. The van der Waals surface area contributed by atoms with Gasteiger partial charge in [-0.1, -0.05) is 6.07 Å². The lowest BCUT2D eigenvalue weighted by molar-refractivity contribution is -0.219. The molecule has 0 aromatic heterocycles. The molecule has 256 valence electrons. The highest BCUT2D eigenvalue weighted by Gasteiger charge is 2.60. The number of rotatable bonds is 9. The normalized spacial score (nSPS) is 21.4. The number of ether oxygens (including phenoxy) is 10. The summed E-state index contributed by atoms with van der Waals surface area (Å²) in [6, 6.07) is 15.5. The zero-order chi connectivity index (χ0) is 34.6. The first-order chi connectivity index (χ1) is 23.7. The fourth-order valence-corrected chi connectivity index (χ4v) is 7.00. The molecule has 0 amide bonds. The molecule has 3 aliphatic rings. The minimum absolute atomic E-state index is 0.00244. The largest absolute Gasteiger partial charge is 0.496 e. The second-order valence-corrected chi connectivity index (χ2v) is 11.7. The highest BCUT2D eigenvalue weighted by Crippen LogP contribution is 2.62. The predicted molar refractivity (Wildman–Crippen MR) is 174 cm³/mol. The van der Waals surface area contributed by atoms with E-state index in [2.05, 4.69) is 0 Å². The number of carbonyl (C=O) groups is 1. The number of aliphatic hydroxyl groups excluding tert-OH is 1. The molecule has 12 heteroatoms. The molecule has 7 rings (SSSR count). The lowest BCUT2D eigenvalue weighted by atomic mass is 9.74. The monoisotopic (exact) mass is 672 g/mol. The van der Waals surface area contributed by atoms with Gasteiger partial charge < -0.3 is 52.5 Å². The Bertz CT molecular complexity index is 1950. The highest BCUT2D eigenvalue weighted by atomic mass is 16.7. The van der Waals surface area contributed by atoms with E-state index in [9.17, 15) is 9.90 Å². The lowest BCUT2D eigenvalue weighted by Crippen LogP contribution is -2.57. The zero-order valence-corrected chi connectivity index (χ0v) is 28.1. The molecule has 0 saturated heterocycles. The van der Waals surface area contributed by atoms with Crippen molar-refractivity contribution in [2.24, 2.45) is 0 Å². The topological polar surface area (TPSA) is 130 Å². The Labute approximate surface area is 282 Å².